The molecule has 2 rings (SSSR count). The van der Waals surface area contributed by atoms with Gasteiger partial charge in [-0.05, 0) is 25.2 Å². The molecule has 1 heterocycles. The Morgan fingerprint density at radius 1 is 1.53 bits per heavy atom. The predicted molar refractivity (Wildman–Crippen MR) is 65.0 cm³/mol. The van der Waals surface area contributed by atoms with Crippen LogP contribution in [-0.4, -0.2) is 34.3 Å². The van der Waals surface area contributed by atoms with Crippen molar-refractivity contribution in [2.24, 2.45) is 5.92 Å². The molecule has 0 spiro atoms. The Hall–Kier alpha value is -1.36. The number of aliphatic hydroxyl groups excluding tert-OH is 1. The molecule has 1 aliphatic rings. The summed E-state index contributed by atoms with van der Waals surface area (Å²) in [6, 6.07) is 1.76. The SMILES string of the molecule is CCCOc1cc(NCC(O)C2CC2)ncn1. The molecule has 1 saturated carbocycles. The molecule has 0 radical (unpaired) electrons. The second kappa shape index (κ2) is 5.82. The van der Waals surface area contributed by atoms with Gasteiger partial charge in [0, 0.05) is 12.6 Å². The van der Waals surface area contributed by atoms with Gasteiger partial charge in [0.05, 0.1) is 12.7 Å². The van der Waals surface area contributed by atoms with Gasteiger partial charge in [-0.1, -0.05) is 6.92 Å². The molecule has 1 fully saturated rings. The molecule has 1 atom stereocenters. The van der Waals surface area contributed by atoms with Gasteiger partial charge in [0.1, 0.15) is 12.1 Å². The predicted octanol–water partition coefficient (Wildman–Crippen LogP) is 1.45. The Balaban J connectivity index is 1.82. The molecule has 17 heavy (non-hydrogen) atoms. The number of anilines is 1. The van der Waals surface area contributed by atoms with Gasteiger partial charge in [-0.2, -0.15) is 0 Å². The molecule has 5 nitrogen and oxygen atoms in total. The maximum atomic E-state index is 9.72. The molecule has 1 aromatic rings. The number of aliphatic hydroxyl groups is 1. The summed E-state index contributed by atoms with van der Waals surface area (Å²) in [5.41, 5.74) is 0. The number of rotatable bonds is 7. The van der Waals surface area contributed by atoms with Crippen LogP contribution in [0, 0.1) is 5.92 Å². The highest BCUT2D eigenvalue weighted by Gasteiger charge is 2.29. The van der Waals surface area contributed by atoms with E-state index in [1.165, 1.54) is 6.33 Å². The first kappa shape index (κ1) is 12.1. The van der Waals surface area contributed by atoms with Crippen LogP contribution < -0.4 is 10.1 Å². The third-order valence-electron chi connectivity index (χ3n) is 2.75. The second-order valence-corrected chi connectivity index (χ2v) is 4.38. The number of hydrogen-bond acceptors (Lipinski definition) is 5. The molecule has 0 aliphatic heterocycles. The summed E-state index contributed by atoms with van der Waals surface area (Å²) < 4.78 is 5.41. The molecule has 5 heteroatoms. The third kappa shape index (κ3) is 3.85. The highest BCUT2D eigenvalue weighted by molar-refractivity contribution is 5.37. The summed E-state index contributed by atoms with van der Waals surface area (Å²) in [5.74, 6) is 1.75. The fraction of sp³-hybridized carbons (Fsp3) is 0.667. The highest BCUT2D eigenvalue weighted by atomic mass is 16.5. The lowest BCUT2D eigenvalue weighted by molar-refractivity contribution is 0.164. The largest absolute Gasteiger partial charge is 0.478 e. The van der Waals surface area contributed by atoms with Crippen molar-refractivity contribution >= 4 is 5.82 Å². The molecule has 2 N–H and O–H groups in total. The highest BCUT2D eigenvalue weighted by Crippen LogP contribution is 2.32. The lowest BCUT2D eigenvalue weighted by Gasteiger charge is -2.11. The fourth-order valence-electron chi connectivity index (χ4n) is 1.58. The molecular formula is C12H19N3O2. The van der Waals surface area contributed by atoms with Crippen LogP contribution >= 0.6 is 0 Å². The topological polar surface area (TPSA) is 67.3 Å². The number of nitrogens with one attached hydrogen (secondary N) is 1. The van der Waals surface area contributed by atoms with Crippen molar-refractivity contribution in [3.8, 4) is 5.88 Å². The minimum absolute atomic E-state index is 0.273. The zero-order chi connectivity index (χ0) is 12.1. The Bertz CT molecular complexity index is 355. The summed E-state index contributed by atoms with van der Waals surface area (Å²) in [5, 5.41) is 12.8. The third-order valence-corrected chi connectivity index (χ3v) is 2.75. The van der Waals surface area contributed by atoms with Crippen molar-refractivity contribution in [1.82, 2.24) is 9.97 Å². The van der Waals surface area contributed by atoms with E-state index in [0.717, 1.165) is 19.3 Å². The van der Waals surface area contributed by atoms with E-state index in [0.29, 0.717) is 30.8 Å². The summed E-state index contributed by atoms with van der Waals surface area (Å²) in [6.45, 7) is 3.24. The van der Waals surface area contributed by atoms with E-state index < -0.39 is 0 Å². The fourth-order valence-corrected chi connectivity index (χ4v) is 1.58. The molecule has 94 valence electrons. The van der Waals surface area contributed by atoms with Crippen molar-refractivity contribution in [3.05, 3.63) is 12.4 Å². The lowest BCUT2D eigenvalue weighted by atomic mass is 10.2. The summed E-state index contributed by atoms with van der Waals surface area (Å²) in [4.78, 5) is 8.10. The quantitative estimate of drug-likeness (QED) is 0.751. The first-order valence-corrected chi connectivity index (χ1v) is 6.16. The van der Waals surface area contributed by atoms with Gasteiger partial charge in [-0.15, -0.1) is 0 Å². The van der Waals surface area contributed by atoms with E-state index in [4.69, 9.17) is 4.74 Å². The summed E-state index contributed by atoms with van der Waals surface area (Å²) >= 11 is 0. The van der Waals surface area contributed by atoms with Gasteiger partial charge in [0.15, 0.2) is 0 Å². The van der Waals surface area contributed by atoms with Crippen LogP contribution in [0.1, 0.15) is 26.2 Å². The molecule has 0 bridgehead atoms. The maximum absolute atomic E-state index is 9.72. The molecule has 0 aromatic carbocycles. The molecular weight excluding hydrogens is 218 g/mol. The van der Waals surface area contributed by atoms with E-state index in [9.17, 15) is 5.11 Å². The van der Waals surface area contributed by atoms with E-state index in [1.807, 2.05) is 6.92 Å². The molecule has 0 amide bonds. The smallest absolute Gasteiger partial charge is 0.218 e. The van der Waals surface area contributed by atoms with Gasteiger partial charge >= 0.3 is 0 Å². The Labute approximate surface area is 101 Å². The first-order chi connectivity index (χ1) is 8.29. The van der Waals surface area contributed by atoms with Gasteiger partial charge in [0.2, 0.25) is 5.88 Å². The Morgan fingerprint density at radius 2 is 2.35 bits per heavy atom. The van der Waals surface area contributed by atoms with E-state index in [1.54, 1.807) is 6.07 Å². The molecule has 1 aromatic heterocycles. The average Bonchev–Trinajstić information content (AvgIpc) is 3.18. The monoisotopic (exact) mass is 237 g/mol. The summed E-state index contributed by atoms with van der Waals surface area (Å²) in [6.07, 6.45) is 4.42. The summed E-state index contributed by atoms with van der Waals surface area (Å²) in [7, 11) is 0. The number of aromatic nitrogens is 2. The van der Waals surface area contributed by atoms with Gasteiger partial charge in [-0.25, -0.2) is 9.97 Å². The Morgan fingerprint density at radius 3 is 3.06 bits per heavy atom. The van der Waals surface area contributed by atoms with Crippen LogP contribution in [0.2, 0.25) is 0 Å². The second-order valence-electron chi connectivity index (χ2n) is 4.38. The van der Waals surface area contributed by atoms with Crippen LogP contribution in [0.25, 0.3) is 0 Å². The van der Waals surface area contributed by atoms with Crippen LogP contribution in [0.4, 0.5) is 5.82 Å². The Kier molecular flexibility index (Phi) is 4.14. The first-order valence-electron chi connectivity index (χ1n) is 6.16. The van der Waals surface area contributed by atoms with Crippen molar-refractivity contribution in [2.45, 2.75) is 32.3 Å². The normalized spacial score (nSPS) is 16.6. The van der Waals surface area contributed by atoms with Crippen LogP contribution in [0.3, 0.4) is 0 Å². The van der Waals surface area contributed by atoms with Crippen LogP contribution in [0.5, 0.6) is 5.88 Å². The zero-order valence-electron chi connectivity index (χ0n) is 10.1. The zero-order valence-corrected chi connectivity index (χ0v) is 10.1. The van der Waals surface area contributed by atoms with Crippen molar-refractivity contribution in [3.63, 3.8) is 0 Å². The number of nitrogens with zero attached hydrogens (tertiary/aromatic N) is 2. The minimum atomic E-state index is -0.273. The van der Waals surface area contributed by atoms with Gasteiger partial charge in [0.25, 0.3) is 0 Å². The van der Waals surface area contributed by atoms with Crippen LogP contribution in [-0.2, 0) is 0 Å². The van der Waals surface area contributed by atoms with Gasteiger partial charge in [-0.3, -0.25) is 0 Å². The van der Waals surface area contributed by atoms with Gasteiger partial charge < -0.3 is 15.2 Å². The van der Waals surface area contributed by atoms with Crippen molar-refractivity contribution in [2.75, 3.05) is 18.5 Å². The van der Waals surface area contributed by atoms with E-state index >= 15 is 0 Å². The van der Waals surface area contributed by atoms with Crippen LogP contribution in [0.15, 0.2) is 12.4 Å². The molecule has 0 saturated heterocycles. The number of ether oxygens (including phenoxy) is 1. The van der Waals surface area contributed by atoms with E-state index in [-0.39, 0.29) is 6.10 Å². The lowest BCUT2D eigenvalue weighted by Crippen LogP contribution is -2.21. The average molecular weight is 237 g/mol. The minimum Gasteiger partial charge on any atom is -0.478 e. The molecule has 1 unspecified atom stereocenters. The number of hydrogen-bond donors (Lipinski definition) is 2. The maximum Gasteiger partial charge on any atom is 0.218 e. The molecule has 1 aliphatic carbocycles. The van der Waals surface area contributed by atoms with Crippen molar-refractivity contribution < 1.29 is 9.84 Å². The van der Waals surface area contributed by atoms with E-state index in [2.05, 4.69) is 15.3 Å². The van der Waals surface area contributed by atoms with Crippen molar-refractivity contribution in [1.29, 1.82) is 0 Å². The standard InChI is InChI=1S/C12H19N3O2/c1-2-5-17-12-6-11(14-8-15-12)13-7-10(16)9-3-4-9/h6,8-10,16H,2-5,7H2,1H3,(H,13,14,15).